The van der Waals surface area contributed by atoms with Crippen molar-refractivity contribution < 1.29 is 14.4 Å². The lowest BCUT2D eigenvalue weighted by Gasteiger charge is -2.31. The van der Waals surface area contributed by atoms with Crippen LogP contribution in [0.4, 0.5) is 0 Å². The van der Waals surface area contributed by atoms with Gasteiger partial charge in [0.2, 0.25) is 17.7 Å². The molecule has 1 saturated heterocycles. The highest BCUT2D eigenvalue weighted by atomic mass is 16.2. The standard InChI is InChI=1S/C9H14N2O3/c1-3-4-8(13)11-5-7(12)10-9(14)6(11)2/h6H,3-5H2,1-2H3,(H,10,12,14). The first-order chi connectivity index (χ1) is 6.56. The molecule has 1 rings (SSSR count). The Bertz CT molecular complexity index is 275. The van der Waals surface area contributed by atoms with Crippen molar-refractivity contribution in [2.24, 2.45) is 0 Å². The van der Waals surface area contributed by atoms with Crippen molar-refractivity contribution in [3.63, 3.8) is 0 Å². The van der Waals surface area contributed by atoms with Crippen molar-refractivity contribution >= 4 is 17.7 Å². The summed E-state index contributed by atoms with van der Waals surface area (Å²) in [6, 6.07) is -0.535. The molecule has 5 nitrogen and oxygen atoms in total. The molecular formula is C9H14N2O3. The van der Waals surface area contributed by atoms with Gasteiger partial charge in [0.05, 0.1) is 0 Å². The zero-order valence-electron chi connectivity index (χ0n) is 8.37. The predicted octanol–water partition coefficient (Wildman–Crippen LogP) is -0.340. The van der Waals surface area contributed by atoms with Crippen LogP contribution in [0.25, 0.3) is 0 Å². The maximum absolute atomic E-state index is 11.5. The minimum absolute atomic E-state index is 0.00819. The number of imide groups is 1. The first kappa shape index (κ1) is 10.7. The fraction of sp³-hybridized carbons (Fsp3) is 0.667. The number of nitrogens with zero attached hydrogens (tertiary/aromatic N) is 1. The third kappa shape index (κ3) is 2.10. The van der Waals surface area contributed by atoms with Crippen LogP contribution >= 0.6 is 0 Å². The molecule has 0 aromatic carbocycles. The maximum atomic E-state index is 11.5. The molecule has 5 heteroatoms. The summed E-state index contributed by atoms with van der Waals surface area (Å²) >= 11 is 0. The molecule has 1 aliphatic heterocycles. The van der Waals surface area contributed by atoms with E-state index in [2.05, 4.69) is 5.32 Å². The summed E-state index contributed by atoms with van der Waals surface area (Å²) in [5.74, 6) is -0.938. The molecule has 0 aliphatic carbocycles. The SMILES string of the molecule is CCCC(=O)N1CC(=O)NC(=O)C1C. The second-order valence-corrected chi connectivity index (χ2v) is 3.36. The molecule has 0 radical (unpaired) electrons. The molecule has 1 fully saturated rings. The van der Waals surface area contributed by atoms with Crippen LogP contribution in [0.3, 0.4) is 0 Å². The molecule has 1 N–H and O–H groups in total. The van der Waals surface area contributed by atoms with Gasteiger partial charge >= 0.3 is 0 Å². The van der Waals surface area contributed by atoms with Gasteiger partial charge in [-0.2, -0.15) is 0 Å². The monoisotopic (exact) mass is 198 g/mol. The van der Waals surface area contributed by atoms with Crippen LogP contribution < -0.4 is 5.32 Å². The third-order valence-electron chi connectivity index (χ3n) is 2.21. The molecule has 0 bridgehead atoms. The molecule has 0 saturated carbocycles. The van der Waals surface area contributed by atoms with E-state index in [1.807, 2.05) is 6.92 Å². The number of rotatable bonds is 2. The summed E-state index contributed by atoms with van der Waals surface area (Å²) in [4.78, 5) is 35.0. The molecular weight excluding hydrogens is 184 g/mol. The van der Waals surface area contributed by atoms with Gasteiger partial charge in [-0.1, -0.05) is 6.92 Å². The zero-order chi connectivity index (χ0) is 10.7. The summed E-state index contributed by atoms with van der Waals surface area (Å²) in [6.45, 7) is 3.50. The number of hydrogen-bond donors (Lipinski definition) is 1. The second-order valence-electron chi connectivity index (χ2n) is 3.36. The number of nitrogens with one attached hydrogen (secondary N) is 1. The van der Waals surface area contributed by atoms with Gasteiger partial charge in [-0.3, -0.25) is 19.7 Å². The molecule has 0 spiro atoms. The fourth-order valence-electron chi connectivity index (χ4n) is 1.38. The Morgan fingerprint density at radius 3 is 2.79 bits per heavy atom. The van der Waals surface area contributed by atoms with Crippen LogP contribution in [0.1, 0.15) is 26.7 Å². The Labute approximate surface area is 82.4 Å². The van der Waals surface area contributed by atoms with Gasteiger partial charge in [0, 0.05) is 6.42 Å². The lowest BCUT2D eigenvalue weighted by Crippen LogP contribution is -2.58. The van der Waals surface area contributed by atoms with Gasteiger partial charge in [0.1, 0.15) is 12.6 Å². The van der Waals surface area contributed by atoms with Gasteiger partial charge in [0.15, 0.2) is 0 Å². The molecule has 0 aromatic heterocycles. The first-order valence-electron chi connectivity index (χ1n) is 4.69. The predicted molar refractivity (Wildman–Crippen MR) is 49.2 cm³/mol. The fourth-order valence-corrected chi connectivity index (χ4v) is 1.38. The second kappa shape index (κ2) is 4.21. The quantitative estimate of drug-likeness (QED) is 0.617. The Morgan fingerprint density at radius 1 is 1.57 bits per heavy atom. The Hall–Kier alpha value is -1.39. The molecule has 14 heavy (non-hydrogen) atoms. The van der Waals surface area contributed by atoms with Crippen molar-refractivity contribution in [1.29, 1.82) is 0 Å². The van der Waals surface area contributed by atoms with E-state index in [9.17, 15) is 14.4 Å². The van der Waals surface area contributed by atoms with Gasteiger partial charge in [-0.25, -0.2) is 0 Å². The molecule has 1 unspecified atom stereocenters. The van der Waals surface area contributed by atoms with Crippen molar-refractivity contribution in [2.75, 3.05) is 6.54 Å². The number of amides is 3. The maximum Gasteiger partial charge on any atom is 0.249 e. The van der Waals surface area contributed by atoms with E-state index in [0.29, 0.717) is 6.42 Å². The molecule has 78 valence electrons. The number of hydrogen-bond acceptors (Lipinski definition) is 3. The average molecular weight is 198 g/mol. The Morgan fingerprint density at radius 2 is 2.21 bits per heavy atom. The van der Waals surface area contributed by atoms with Crippen molar-refractivity contribution in [1.82, 2.24) is 10.2 Å². The molecule has 1 atom stereocenters. The van der Waals surface area contributed by atoms with E-state index in [-0.39, 0.29) is 12.5 Å². The summed E-state index contributed by atoms with van der Waals surface area (Å²) in [6.07, 6.45) is 1.10. The highest BCUT2D eigenvalue weighted by Gasteiger charge is 2.32. The molecule has 1 heterocycles. The van der Waals surface area contributed by atoms with Crippen LogP contribution in [-0.4, -0.2) is 35.2 Å². The van der Waals surface area contributed by atoms with Gasteiger partial charge in [-0.15, -0.1) is 0 Å². The van der Waals surface area contributed by atoms with Crippen molar-refractivity contribution in [3.05, 3.63) is 0 Å². The molecule has 3 amide bonds. The number of carbonyl (C=O) groups is 3. The Kier molecular flexibility index (Phi) is 3.22. The Balaban J connectivity index is 2.71. The van der Waals surface area contributed by atoms with E-state index >= 15 is 0 Å². The number of carbonyl (C=O) groups excluding carboxylic acids is 3. The average Bonchev–Trinajstić information content (AvgIpc) is 2.11. The topological polar surface area (TPSA) is 66.5 Å². The smallest absolute Gasteiger partial charge is 0.249 e. The van der Waals surface area contributed by atoms with E-state index < -0.39 is 17.9 Å². The highest BCUT2D eigenvalue weighted by Crippen LogP contribution is 2.07. The molecule has 1 aliphatic rings. The van der Waals surface area contributed by atoms with E-state index in [4.69, 9.17) is 0 Å². The van der Waals surface area contributed by atoms with Crippen LogP contribution in [0.5, 0.6) is 0 Å². The van der Waals surface area contributed by atoms with E-state index in [0.717, 1.165) is 6.42 Å². The summed E-state index contributed by atoms with van der Waals surface area (Å²) in [5, 5.41) is 2.18. The van der Waals surface area contributed by atoms with Crippen LogP contribution in [0, 0.1) is 0 Å². The summed E-state index contributed by atoms with van der Waals surface area (Å²) in [5.41, 5.74) is 0. The normalized spacial score (nSPS) is 22.1. The van der Waals surface area contributed by atoms with Gasteiger partial charge < -0.3 is 4.90 Å². The summed E-state index contributed by atoms with van der Waals surface area (Å²) < 4.78 is 0. The molecule has 0 aromatic rings. The van der Waals surface area contributed by atoms with Gasteiger partial charge in [0.25, 0.3) is 0 Å². The lowest BCUT2D eigenvalue weighted by molar-refractivity contribution is -0.149. The van der Waals surface area contributed by atoms with E-state index in [1.54, 1.807) is 6.92 Å². The highest BCUT2D eigenvalue weighted by molar-refractivity contribution is 6.04. The van der Waals surface area contributed by atoms with Crippen molar-refractivity contribution in [3.8, 4) is 0 Å². The lowest BCUT2D eigenvalue weighted by atomic mass is 10.1. The van der Waals surface area contributed by atoms with Gasteiger partial charge in [-0.05, 0) is 13.3 Å². The van der Waals surface area contributed by atoms with Crippen LogP contribution in [0.2, 0.25) is 0 Å². The minimum atomic E-state index is -0.535. The summed E-state index contributed by atoms with van der Waals surface area (Å²) in [7, 11) is 0. The third-order valence-corrected chi connectivity index (χ3v) is 2.21. The number of piperazine rings is 1. The van der Waals surface area contributed by atoms with Crippen molar-refractivity contribution in [2.45, 2.75) is 32.7 Å². The largest absolute Gasteiger partial charge is 0.322 e. The van der Waals surface area contributed by atoms with Crippen LogP contribution in [-0.2, 0) is 14.4 Å². The first-order valence-corrected chi connectivity index (χ1v) is 4.69. The van der Waals surface area contributed by atoms with Crippen LogP contribution in [0.15, 0.2) is 0 Å². The zero-order valence-corrected chi connectivity index (χ0v) is 8.37. The minimum Gasteiger partial charge on any atom is -0.322 e. The van der Waals surface area contributed by atoms with E-state index in [1.165, 1.54) is 4.90 Å².